The highest BCUT2D eigenvalue weighted by molar-refractivity contribution is 14.0. The largest absolute Gasteiger partial charge is 0.469 e. The second-order valence-corrected chi connectivity index (χ2v) is 9.70. The monoisotopic (exact) mass is 560 g/mol. The number of piperidine rings is 1. The van der Waals surface area contributed by atoms with Crippen LogP contribution in [0.3, 0.4) is 0 Å². The molecule has 1 saturated heterocycles. The van der Waals surface area contributed by atoms with Crippen molar-refractivity contribution in [3.05, 3.63) is 60.1 Å². The molecule has 31 heavy (non-hydrogen) atoms. The van der Waals surface area contributed by atoms with Gasteiger partial charge in [0.2, 0.25) is 10.0 Å². The number of sulfonamides is 1. The quantitative estimate of drug-likeness (QED) is 0.280. The van der Waals surface area contributed by atoms with E-state index < -0.39 is 10.0 Å². The van der Waals surface area contributed by atoms with Crippen LogP contribution in [0.4, 0.5) is 0 Å². The molecule has 2 N–H and O–H groups in total. The predicted octanol–water partition coefficient (Wildman–Crippen LogP) is 3.03. The van der Waals surface area contributed by atoms with Crippen molar-refractivity contribution >= 4 is 40.0 Å². The Labute approximate surface area is 202 Å². The zero-order chi connectivity index (χ0) is 21.2. The molecule has 1 aromatic heterocycles. The maximum Gasteiger partial charge on any atom is 0.213 e. The number of aliphatic imine (C=N–C) groups is 1. The first kappa shape index (κ1) is 25.7. The highest BCUT2D eigenvalue weighted by atomic mass is 127. The Morgan fingerprint density at radius 2 is 1.87 bits per heavy atom. The van der Waals surface area contributed by atoms with Crippen molar-refractivity contribution in [2.24, 2.45) is 4.99 Å². The number of rotatable bonds is 9. The highest BCUT2D eigenvalue weighted by Gasteiger charge is 2.27. The molecule has 3 rings (SSSR count). The van der Waals surface area contributed by atoms with E-state index in [-0.39, 0.29) is 35.8 Å². The van der Waals surface area contributed by atoms with E-state index in [0.29, 0.717) is 19.6 Å². The van der Waals surface area contributed by atoms with Gasteiger partial charge in [0.15, 0.2) is 5.96 Å². The Bertz CT molecular complexity index is 881. The summed E-state index contributed by atoms with van der Waals surface area (Å²) in [6.45, 7) is 4.20. The van der Waals surface area contributed by atoms with Gasteiger partial charge in [-0.05, 0) is 43.9 Å². The van der Waals surface area contributed by atoms with Crippen LogP contribution in [0.2, 0.25) is 0 Å². The van der Waals surface area contributed by atoms with Crippen LogP contribution >= 0.6 is 24.0 Å². The molecular formula is C22H33IN4O3S. The van der Waals surface area contributed by atoms with E-state index in [9.17, 15) is 8.42 Å². The average molecular weight is 561 g/mol. The maximum atomic E-state index is 12.1. The number of halogens is 1. The maximum absolute atomic E-state index is 12.1. The Morgan fingerprint density at radius 1 is 1.13 bits per heavy atom. The number of hydrogen-bond acceptors (Lipinski definition) is 4. The Kier molecular flexibility index (Phi) is 10.8. The molecule has 2 heterocycles. The van der Waals surface area contributed by atoms with Crippen LogP contribution in [0.15, 0.2) is 58.1 Å². The van der Waals surface area contributed by atoms with Gasteiger partial charge in [-0.25, -0.2) is 12.7 Å². The molecule has 1 aromatic carbocycles. The Balaban J connectivity index is 0.00000341. The van der Waals surface area contributed by atoms with Crippen molar-refractivity contribution in [1.82, 2.24) is 14.9 Å². The lowest BCUT2D eigenvalue weighted by Gasteiger charge is -2.32. The third-order valence-corrected chi connectivity index (χ3v) is 7.19. The van der Waals surface area contributed by atoms with Crippen LogP contribution in [0.25, 0.3) is 0 Å². The molecule has 172 valence electrons. The molecular weight excluding hydrogens is 527 g/mol. The van der Waals surface area contributed by atoms with Crippen molar-refractivity contribution in [3.8, 4) is 0 Å². The summed E-state index contributed by atoms with van der Waals surface area (Å²) in [5.74, 6) is 1.85. The Hall–Kier alpha value is -1.59. The Morgan fingerprint density at radius 3 is 2.52 bits per heavy atom. The summed E-state index contributed by atoms with van der Waals surface area (Å²) in [4.78, 5) is 4.71. The lowest BCUT2D eigenvalue weighted by atomic mass is 10.1. The minimum atomic E-state index is -3.11. The van der Waals surface area contributed by atoms with Gasteiger partial charge in [-0.2, -0.15) is 0 Å². The van der Waals surface area contributed by atoms with Crippen molar-refractivity contribution in [2.75, 3.05) is 31.9 Å². The minimum absolute atomic E-state index is 0. The summed E-state index contributed by atoms with van der Waals surface area (Å²) < 4.78 is 31.1. The second-order valence-electron chi connectivity index (χ2n) is 7.44. The van der Waals surface area contributed by atoms with Gasteiger partial charge >= 0.3 is 0 Å². The number of hydrogen-bond donors (Lipinski definition) is 2. The molecule has 0 amide bonds. The van der Waals surface area contributed by atoms with Crippen LogP contribution in [0.1, 0.15) is 31.1 Å². The van der Waals surface area contributed by atoms with Crippen LogP contribution in [0, 0.1) is 0 Å². The van der Waals surface area contributed by atoms with Crippen molar-refractivity contribution in [3.63, 3.8) is 0 Å². The SMILES string of the molecule is CCS(=O)(=O)N1CCC(NC(=NCCc2ccco2)NCCc2ccccc2)CC1.I. The molecule has 2 aromatic rings. The molecule has 0 saturated carbocycles. The smallest absolute Gasteiger partial charge is 0.213 e. The van der Waals surface area contributed by atoms with Gasteiger partial charge in [0, 0.05) is 38.6 Å². The molecule has 0 atom stereocenters. The van der Waals surface area contributed by atoms with Gasteiger partial charge in [-0.15, -0.1) is 24.0 Å². The topological polar surface area (TPSA) is 86.9 Å². The normalized spacial score (nSPS) is 16.0. The van der Waals surface area contributed by atoms with Crippen LogP contribution < -0.4 is 10.6 Å². The lowest BCUT2D eigenvalue weighted by Crippen LogP contribution is -2.50. The first-order chi connectivity index (χ1) is 14.6. The summed E-state index contributed by atoms with van der Waals surface area (Å²) in [7, 11) is -3.11. The number of nitrogens with zero attached hydrogens (tertiary/aromatic N) is 2. The second kappa shape index (κ2) is 13.1. The van der Waals surface area contributed by atoms with Crippen molar-refractivity contribution in [2.45, 2.75) is 38.6 Å². The molecule has 1 aliphatic heterocycles. The third-order valence-electron chi connectivity index (χ3n) is 5.31. The van der Waals surface area contributed by atoms with Gasteiger partial charge in [0.25, 0.3) is 0 Å². The summed E-state index contributed by atoms with van der Waals surface area (Å²) >= 11 is 0. The molecule has 7 nitrogen and oxygen atoms in total. The fourth-order valence-electron chi connectivity index (χ4n) is 3.51. The number of nitrogens with one attached hydrogen (secondary N) is 2. The zero-order valence-electron chi connectivity index (χ0n) is 18.0. The van der Waals surface area contributed by atoms with E-state index in [0.717, 1.165) is 43.9 Å². The van der Waals surface area contributed by atoms with Crippen molar-refractivity contribution in [1.29, 1.82) is 0 Å². The minimum Gasteiger partial charge on any atom is -0.469 e. The number of guanidine groups is 1. The summed E-state index contributed by atoms with van der Waals surface area (Å²) in [6.07, 6.45) is 4.88. The fourth-order valence-corrected chi connectivity index (χ4v) is 4.64. The van der Waals surface area contributed by atoms with Crippen LogP contribution in [-0.2, 0) is 22.9 Å². The van der Waals surface area contributed by atoms with E-state index in [1.54, 1.807) is 17.5 Å². The van der Waals surface area contributed by atoms with E-state index in [1.807, 2.05) is 30.3 Å². The molecule has 0 spiro atoms. The van der Waals surface area contributed by atoms with Gasteiger partial charge in [-0.1, -0.05) is 30.3 Å². The highest BCUT2D eigenvalue weighted by Crippen LogP contribution is 2.14. The summed E-state index contributed by atoms with van der Waals surface area (Å²) in [6, 6.07) is 14.4. The van der Waals surface area contributed by atoms with Gasteiger partial charge in [0.1, 0.15) is 5.76 Å². The lowest BCUT2D eigenvalue weighted by molar-refractivity contribution is 0.306. The molecule has 9 heteroatoms. The van der Waals surface area contributed by atoms with Crippen LogP contribution in [-0.4, -0.2) is 56.7 Å². The van der Waals surface area contributed by atoms with Gasteiger partial charge < -0.3 is 15.1 Å². The van der Waals surface area contributed by atoms with E-state index in [4.69, 9.17) is 9.41 Å². The number of benzene rings is 1. The fraction of sp³-hybridized carbons (Fsp3) is 0.500. The molecule has 0 aliphatic carbocycles. The summed E-state index contributed by atoms with van der Waals surface area (Å²) in [5.41, 5.74) is 1.28. The average Bonchev–Trinajstić information content (AvgIpc) is 3.28. The zero-order valence-corrected chi connectivity index (χ0v) is 21.1. The van der Waals surface area contributed by atoms with E-state index in [2.05, 4.69) is 22.8 Å². The molecule has 0 radical (unpaired) electrons. The number of furan rings is 1. The van der Waals surface area contributed by atoms with Gasteiger partial charge in [-0.3, -0.25) is 4.99 Å². The predicted molar refractivity (Wildman–Crippen MR) is 135 cm³/mol. The van der Waals surface area contributed by atoms with Crippen LogP contribution in [0.5, 0.6) is 0 Å². The van der Waals surface area contributed by atoms with E-state index in [1.165, 1.54) is 5.56 Å². The molecule has 1 aliphatic rings. The molecule has 0 bridgehead atoms. The van der Waals surface area contributed by atoms with E-state index >= 15 is 0 Å². The molecule has 1 fully saturated rings. The first-order valence-corrected chi connectivity index (χ1v) is 12.3. The van der Waals surface area contributed by atoms with Crippen molar-refractivity contribution < 1.29 is 12.8 Å². The van der Waals surface area contributed by atoms with Gasteiger partial charge in [0.05, 0.1) is 12.0 Å². The summed E-state index contributed by atoms with van der Waals surface area (Å²) in [5, 5.41) is 6.92. The standard InChI is InChI=1S/C22H32N4O3S.HI/c1-2-30(27,28)26-16-12-20(13-17-26)25-22(24-15-11-21-9-6-18-29-21)23-14-10-19-7-4-3-5-8-19;/h3-9,18,20H,2,10-17H2,1H3,(H2,23,24,25);1H. The molecule has 0 unspecified atom stereocenters. The first-order valence-electron chi connectivity index (χ1n) is 10.7. The third kappa shape index (κ3) is 8.46.